The van der Waals surface area contributed by atoms with Crippen molar-refractivity contribution in [2.75, 3.05) is 19.6 Å². The normalized spacial score (nSPS) is 20.5. The summed E-state index contributed by atoms with van der Waals surface area (Å²) < 4.78 is 0. The highest BCUT2D eigenvalue weighted by Crippen LogP contribution is 2.20. The van der Waals surface area contributed by atoms with Crippen molar-refractivity contribution >= 4 is 5.91 Å². The lowest BCUT2D eigenvalue weighted by atomic mass is 10.1. The largest absolute Gasteiger partial charge is 0.390 e. The van der Waals surface area contributed by atoms with Gasteiger partial charge < -0.3 is 10.0 Å². The van der Waals surface area contributed by atoms with Crippen molar-refractivity contribution in [2.24, 2.45) is 0 Å². The molecule has 24 heavy (non-hydrogen) atoms. The molecule has 0 bridgehead atoms. The van der Waals surface area contributed by atoms with Crippen LogP contribution < -0.4 is 0 Å². The third-order valence-electron chi connectivity index (χ3n) is 4.44. The van der Waals surface area contributed by atoms with E-state index < -0.39 is 6.10 Å². The number of amides is 1. The quantitative estimate of drug-likeness (QED) is 0.894. The van der Waals surface area contributed by atoms with Crippen molar-refractivity contribution in [3.63, 3.8) is 0 Å². The summed E-state index contributed by atoms with van der Waals surface area (Å²) in [5.41, 5.74) is 1.57. The van der Waals surface area contributed by atoms with Crippen molar-refractivity contribution in [3.05, 3.63) is 60.2 Å². The molecular weight excluding hydrogens is 304 g/mol. The molecule has 1 fully saturated rings. The van der Waals surface area contributed by atoms with Crippen molar-refractivity contribution in [2.45, 2.75) is 25.6 Å². The Morgan fingerprint density at radius 2 is 2.04 bits per heavy atom. The molecule has 1 amide bonds. The van der Waals surface area contributed by atoms with Gasteiger partial charge in [-0.3, -0.25) is 19.7 Å². The van der Waals surface area contributed by atoms with Crippen molar-refractivity contribution < 1.29 is 9.90 Å². The maximum Gasteiger partial charge on any atom is 0.272 e. The van der Waals surface area contributed by atoms with Crippen LogP contribution in [0.25, 0.3) is 0 Å². The molecule has 1 aliphatic heterocycles. The minimum atomic E-state index is -0.556. The molecule has 0 radical (unpaired) electrons. The van der Waals surface area contributed by atoms with E-state index >= 15 is 0 Å². The first-order chi connectivity index (χ1) is 11.7. The first-order valence-corrected chi connectivity index (χ1v) is 8.20. The van der Waals surface area contributed by atoms with Gasteiger partial charge in [0.25, 0.3) is 5.91 Å². The Morgan fingerprint density at radius 1 is 1.25 bits per heavy atom. The van der Waals surface area contributed by atoms with Crippen LogP contribution in [0.5, 0.6) is 0 Å². The Hall–Kier alpha value is -2.31. The van der Waals surface area contributed by atoms with Crippen LogP contribution in [0.4, 0.5) is 0 Å². The van der Waals surface area contributed by atoms with Crippen LogP contribution >= 0.6 is 0 Å². The smallest absolute Gasteiger partial charge is 0.272 e. The Labute approximate surface area is 141 Å². The van der Waals surface area contributed by atoms with Gasteiger partial charge in [-0.1, -0.05) is 13.0 Å². The number of pyridine rings is 2. The van der Waals surface area contributed by atoms with E-state index in [2.05, 4.69) is 21.8 Å². The fraction of sp³-hybridized carbons (Fsp3) is 0.389. The summed E-state index contributed by atoms with van der Waals surface area (Å²) in [6.45, 7) is 4.45. The van der Waals surface area contributed by atoms with E-state index in [1.165, 1.54) is 0 Å². The lowest BCUT2D eigenvalue weighted by molar-refractivity contribution is 0.0753. The summed E-state index contributed by atoms with van der Waals surface area (Å²) in [7, 11) is 0. The zero-order valence-corrected chi connectivity index (χ0v) is 13.7. The van der Waals surface area contributed by atoms with Crippen LogP contribution in [0.15, 0.2) is 48.9 Å². The average Bonchev–Trinajstić information content (AvgIpc) is 3.02. The summed E-state index contributed by atoms with van der Waals surface area (Å²) in [6, 6.07) is 9.16. The molecule has 3 heterocycles. The zero-order chi connectivity index (χ0) is 16.9. The summed E-state index contributed by atoms with van der Waals surface area (Å²) in [6.07, 6.45) is 4.59. The number of aliphatic hydroxyl groups excluding tert-OH is 1. The Balaban J connectivity index is 1.69. The van der Waals surface area contributed by atoms with Gasteiger partial charge in [-0.05, 0) is 36.4 Å². The van der Waals surface area contributed by atoms with Gasteiger partial charge in [0, 0.05) is 38.2 Å². The molecule has 2 aromatic rings. The Morgan fingerprint density at radius 3 is 2.71 bits per heavy atom. The van der Waals surface area contributed by atoms with E-state index in [-0.39, 0.29) is 11.9 Å². The fourth-order valence-electron chi connectivity index (χ4n) is 3.13. The molecule has 6 heteroatoms. The molecular formula is C18H22N4O2. The topological polar surface area (TPSA) is 69.6 Å². The lowest BCUT2D eigenvalue weighted by Crippen LogP contribution is -2.43. The van der Waals surface area contributed by atoms with E-state index in [1.54, 1.807) is 41.7 Å². The van der Waals surface area contributed by atoms with E-state index in [0.29, 0.717) is 18.8 Å². The van der Waals surface area contributed by atoms with Crippen LogP contribution in [0.3, 0.4) is 0 Å². The van der Waals surface area contributed by atoms with Crippen LogP contribution in [0.2, 0.25) is 0 Å². The second-order valence-electron chi connectivity index (χ2n) is 5.98. The third-order valence-corrected chi connectivity index (χ3v) is 4.44. The summed E-state index contributed by atoms with van der Waals surface area (Å²) >= 11 is 0. The zero-order valence-electron chi connectivity index (χ0n) is 13.7. The van der Waals surface area contributed by atoms with Crippen LogP contribution in [-0.2, 0) is 6.54 Å². The van der Waals surface area contributed by atoms with Gasteiger partial charge in [0.05, 0.1) is 12.1 Å². The minimum absolute atomic E-state index is 0.0733. The number of carbonyl (C=O) groups is 1. The van der Waals surface area contributed by atoms with Gasteiger partial charge in [-0.15, -0.1) is 0 Å². The third kappa shape index (κ3) is 3.60. The fourth-order valence-corrected chi connectivity index (χ4v) is 3.13. The molecule has 0 aromatic carbocycles. The second-order valence-corrected chi connectivity index (χ2v) is 5.98. The molecule has 1 saturated heterocycles. The molecule has 0 saturated carbocycles. The average molecular weight is 326 g/mol. The second kappa shape index (κ2) is 7.51. The standard InChI is InChI=1S/C18H22N4O2/c1-2-21(11-14-6-9-19-10-7-14)16-12-22(13-17(16)23)18(24)15-5-3-4-8-20-15/h3-10,16-17,23H,2,11-13H2,1H3/t16-,17-/m1/s1. The summed E-state index contributed by atoms with van der Waals surface area (Å²) in [5, 5.41) is 10.5. The molecule has 0 unspecified atom stereocenters. The van der Waals surface area contributed by atoms with E-state index in [4.69, 9.17) is 0 Å². The number of likely N-dealkylation sites (tertiary alicyclic amines) is 1. The number of likely N-dealkylation sites (N-methyl/N-ethyl adjacent to an activating group) is 1. The molecule has 126 valence electrons. The molecule has 6 nitrogen and oxygen atoms in total. The highest BCUT2D eigenvalue weighted by molar-refractivity contribution is 5.92. The van der Waals surface area contributed by atoms with Crippen molar-refractivity contribution in [1.82, 2.24) is 19.8 Å². The Bertz CT molecular complexity index is 665. The molecule has 2 atom stereocenters. The summed E-state index contributed by atoms with van der Waals surface area (Å²) in [5.74, 6) is -0.128. The summed E-state index contributed by atoms with van der Waals surface area (Å²) in [4.78, 5) is 24.6. The predicted octanol–water partition coefficient (Wildman–Crippen LogP) is 1.18. The highest BCUT2D eigenvalue weighted by Gasteiger charge is 2.37. The molecule has 0 spiro atoms. The number of β-amino-alcohol motifs (C(OH)–C–C–N with tert-alkyl or cyclic N) is 1. The number of carbonyl (C=O) groups excluding carboxylic acids is 1. The van der Waals surface area contributed by atoms with Crippen molar-refractivity contribution in [1.29, 1.82) is 0 Å². The molecule has 3 rings (SSSR count). The number of aliphatic hydroxyl groups is 1. The number of hydrogen-bond donors (Lipinski definition) is 1. The van der Waals surface area contributed by atoms with Crippen LogP contribution in [0.1, 0.15) is 23.0 Å². The SMILES string of the molecule is CCN(Cc1ccncc1)[C@@H]1CN(C(=O)c2ccccn2)C[C@H]1O. The minimum Gasteiger partial charge on any atom is -0.390 e. The van der Waals surface area contributed by atoms with Gasteiger partial charge in [0.1, 0.15) is 5.69 Å². The highest BCUT2D eigenvalue weighted by atomic mass is 16.3. The first kappa shape index (κ1) is 16.5. The lowest BCUT2D eigenvalue weighted by Gasteiger charge is -2.29. The van der Waals surface area contributed by atoms with E-state index in [1.807, 2.05) is 12.1 Å². The number of aromatic nitrogens is 2. The maximum absolute atomic E-state index is 12.5. The Kier molecular flexibility index (Phi) is 5.17. The van der Waals surface area contributed by atoms with E-state index in [0.717, 1.165) is 18.7 Å². The van der Waals surface area contributed by atoms with Gasteiger partial charge in [-0.2, -0.15) is 0 Å². The number of hydrogen-bond acceptors (Lipinski definition) is 5. The van der Waals surface area contributed by atoms with Gasteiger partial charge in [0.15, 0.2) is 0 Å². The monoisotopic (exact) mass is 326 g/mol. The van der Waals surface area contributed by atoms with Crippen molar-refractivity contribution in [3.8, 4) is 0 Å². The van der Waals surface area contributed by atoms with Gasteiger partial charge in [0.2, 0.25) is 0 Å². The maximum atomic E-state index is 12.5. The number of nitrogens with zero attached hydrogens (tertiary/aromatic N) is 4. The van der Waals surface area contributed by atoms with Gasteiger partial charge >= 0.3 is 0 Å². The van der Waals surface area contributed by atoms with Crippen LogP contribution in [-0.4, -0.2) is 62.6 Å². The van der Waals surface area contributed by atoms with Gasteiger partial charge in [-0.25, -0.2) is 0 Å². The molecule has 0 aliphatic carbocycles. The predicted molar refractivity (Wildman–Crippen MR) is 90.3 cm³/mol. The molecule has 1 aliphatic rings. The van der Waals surface area contributed by atoms with E-state index in [9.17, 15) is 9.90 Å². The molecule has 2 aromatic heterocycles. The van der Waals surface area contributed by atoms with Crippen LogP contribution in [0, 0.1) is 0 Å². The first-order valence-electron chi connectivity index (χ1n) is 8.20. The molecule has 1 N–H and O–H groups in total. The number of rotatable bonds is 5.